The van der Waals surface area contributed by atoms with Gasteiger partial charge in [-0.2, -0.15) is 9.61 Å². The molecule has 0 aliphatic rings. The van der Waals surface area contributed by atoms with E-state index in [1.165, 1.54) is 22.7 Å². The Kier molecular flexibility index (Phi) is 3.46. The maximum atomic E-state index is 13.9. The van der Waals surface area contributed by atoms with E-state index in [-0.39, 0.29) is 10.6 Å². The Morgan fingerprint density at radius 1 is 1.00 bits per heavy atom. The fourth-order valence-corrected chi connectivity index (χ4v) is 3.23. The van der Waals surface area contributed by atoms with Crippen molar-refractivity contribution in [1.29, 1.82) is 0 Å². The summed E-state index contributed by atoms with van der Waals surface area (Å²) < 4.78 is 34.5. The van der Waals surface area contributed by atoms with E-state index >= 15 is 0 Å². The zero-order valence-corrected chi connectivity index (χ0v) is 13.2. The van der Waals surface area contributed by atoms with E-state index < -0.39 is 11.6 Å². The summed E-state index contributed by atoms with van der Waals surface area (Å²) in [6, 6.07) is 10.9. The van der Waals surface area contributed by atoms with Crippen molar-refractivity contribution in [2.24, 2.45) is 0 Å². The van der Waals surface area contributed by atoms with Crippen LogP contribution in [0.25, 0.3) is 26.9 Å². The van der Waals surface area contributed by atoms with Gasteiger partial charge in [0.15, 0.2) is 10.8 Å². The van der Waals surface area contributed by atoms with Gasteiger partial charge in [0.1, 0.15) is 17.4 Å². The lowest BCUT2D eigenvalue weighted by Crippen LogP contribution is -1.93. The quantitative estimate of drug-likeness (QED) is 0.567. The van der Waals surface area contributed by atoms with Crippen LogP contribution in [0.3, 0.4) is 0 Å². The molecule has 0 aliphatic carbocycles. The van der Waals surface area contributed by atoms with E-state index in [1.54, 1.807) is 19.2 Å². The smallest absolute Gasteiger partial charge is 0.235 e. The van der Waals surface area contributed by atoms with Crippen molar-refractivity contribution >= 4 is 16.3 Å². The van der Waals surface area contributed by atoms with Crippen LogP contribution in [0.15, 0.2) is 42.5 Å². The molecular formula is C16H10F2N4OS. The number of benzene rings is 2. The summed E-state index contributed by atoms with van der Waals surface area (Å²) in [6.45, 7) is 0. The minimum atomic E-state index is -0.661. The first kappa shape index (κ1) is 14.7. The number of fused-ring (bicyclic) bond motifs is 1. The number of nitrogens with zero attached hydrogens (tertiary/aromatic N) is 4. The number of hydrogen-bond donors (Lipinski definition) is 0. The standard InChI is InChI=1S/C16H10F2N4OS/c1-23-10-7-5-9(6-8-10)14-19-20-16-22(14)21-15(24-16)13-11(17)3-2-4-12(13)18/h2-8H,1H3. The van der Waals surface area contributed by atoms with Gasteiger partial charge in [0, 0.05) is 5.56 Å². The van der Waals surface area contributed by atoms with Gasteiger partial charge in [-0.1, -0.05) is 17.4 Å². The third-order valence-electron chi connectivity index (χ3n) is 3.52. The first-order valence-corrected chi connectivity index (χ1v) is 7.80. The number of hydrogen-bond acceptors (Lipinski definition) is 5. The molecule has 0 N–H and O–H groups in total. The summed E-state index contributed by atoms with van der Waals surface area (Å²) in [5, 5.41) is 12.6. The summed E-state index contributed by atoms with van der Waals surface area (Å²) in [5.74, 6) is -0.115. The number of methoxy groups -OCH3 is 1. The molecule has 8 heteroatoms. The highest BCUT2D eigenvalue weighted by Gasteiger charge is 2.19. The Hall–Kier alpha value is -2.87. The fraction of sp³-hybridized carbons (Fsp3) is 0.0625. The summed E-state index contributed by atoms with van der Waals surface area (Å²) in [7, 11) is 1.58. The van der Waals surface area contributed by atoms with E-state index in [9.17, 15) is 8.78 Å². The molecule has 0 saturated carbocycles. The highest BCUT2D eigenvalue weighted by Crippen LogP contribution is 2.31. The molecule has 5 nitrogen and oxygen atoms in total. The second kappa shape index (κ2) is 5.64. The minimum absolute atomic E-state index is 0.159. The van der Waals surface area contributed by atoms with E-state index in [4.69, 9.17) is 4.74 Å². The lowest BCUT2D eigenvalue weighted by molar-refractivity contribution is 0.415. The highest BCUT2D eigenvalue weighted by atomic mass is 32.1. The Morgan fingerprint density at radius 2 is 1.71 bits per heavy atom. The van der Waals surface area contributed by atoms with Crippen LogP contribution >= 0.6 is 11.3 Å². The Balaban J connectivity index is 1.84. The van der Waals surface area contributed by atoms with Gasteiger partial charge in [-0.3, -0.25) is 0 Å². The van der Waals surface area contributed by atoms with Crippen molar-refractivity contribution in [3.8, 4) is 27.7 Å². The van der Waals surface area contributed by atoms with E-state index in [2.05, 4.69) is 15.3 Å². The Bertz CT molecular complexity index is 1010. The minimum Gasteiger partial charge on any atom is -0.497 e. The molecule has 0 fully saturated rings. The van der Waals surface area contributed by atoms with Crippen molar-refractivity contribution < 1.29 is 13.5 Å². The normalized spacial score (nSPS) is 11.1. The van der Waals surface area contributed by atoms with Crippen LogP contribution in [0.1, 0.15) is 0 Å². The second-order valence-corrected chi connectivity index (χ2v) is 5.91. The van der Waals surface area contributed by atoms with Crippen LogP contribution in [0.4, 0.5) is 8.78 Å². The Labute approximate surface area is 139 Å². The van der Waals surface area contributed by atoms with E-state index in [1.807, 2.05) is 12.1 Å². The molecule has 0 aliphatic heterocycles. The first-order chi connectivity index (χ1) is 11.7. The van der Waals surface area contributed by atoms with Gasteiger partial charge in [-0.25, -0.2) is 8.78 Å². The average molecular weight is 344 g/mol. The third-order valence-corrected chi connectivity index (χ3v) is 4.43. The van der Waals surface area contributed by atoms with Crippen LogP contribution in [-0.4, -0.2) is 26.9 Å². The zero-order chi connectivity index (χ0) is 16.7. The number of aromatic nitrogens is 4. The molecule has 2 aromatic carbocycles. The van der Waals surface area contributed by atoms with Gasteiger partial charge in [0.05, 0.1) is 12.7 Å². The summed E-state index contributed by atoms with van der Waals surface area (Å²) in [4.78, 5) is 0.457. The second-order valence-electron chi connectivity index (χ2n) is 4.95. The predicted octanol–water partition coefficient (Wildman–Crippen LogP) is 3.81. The Morgan fingerprint density at radius 3 is 2.38 bits per heavy atom. The van der Waals surface area contributed by atoms with Gasteiger partial charge in [0.2, 0.25) is 4.96 Å². The van der Waals surface area contributed by atoms with Crippen LogP contribution in [0, 0.1) is 11.6 Å². The van der Waals surface area contributed by atoms with Crippen LogP contribution < -0.4 is 4.74 Å². The molecule has 0 amide bonds. The van der Waals surface area contributed by atoms with Gasteiger partial charge in [-0.05, 0) is 36.4 Å². The largest absolute Gasteiger partial charge is 0.497 e. The van der Waals surface area contributed by atoms with Crippen LogP contribution in [-0.2, 0) is 0 Å². The molecule has 0 saturated heterocycles. The molecule has 0 spiro atoms. The van der Waals surface area contributed by atoms with Crippen LogP contribution in [0.2, 0.25) is 0 Å². The average Bonchev–Trinajstić information content (AvgIpc) is 3.15. The van der Waals surface area contributed by atoms with Gasteiger partial charge < -0.3 is 4.74 Å². The molecule has 24 heavy (non-hydrogen) atoms. The zero-order valence-electron chi connectivity index (χ0n) is 12.4. The van der Waals surface area contributed by atoms with Crippen molar-refractivity contribution in [3.63, 3.8) is 0 Å². The lowest BCUT2D eigenvalue weighted by atomic mass is 10.2. The monoisotopic (exact) mass is 344 g/mol. The van der Waals surface area contributed by atoms with Gasteiger partial charge in [0.25, 0.3) is 0 Å². The molecule has 2 aromatic heterocycles. The first-order valence-electron chi connectivity index (χ1n) is 6.98. The molecule has 4 aromatic rings. The molecule has 4 rings (SSSR count). The number of halogens is 2. The van der Waals surface area contributed by atoms with E-state index in [0.29, 0.717) is 16.5 Å². The molecule has 0 radical (unpaired) electrons. The van der Waals surface area contributed by atoms with Gasteiger partial charge >= 0.3 is 0 Å². The molecule has 0 atom stereocenters. The fourth-order valence-electron chi connectivity index (χ4n) is 2.34. The van der Waals surface area contributed by atoms with Crippen molar-refractivity contribution in [2.45, 2.75) is 0 Å². The summed E-state index contributed by atoms with van der Waals surface area (Å²) in [6.07, 6.45) is 0. The summed E-state index contributed by atoms with van der Waals surface area (Å²) in [5.41, 5.74) is 0.614. The molecule has 2 heterocycles. The topological polar surface area (TPSA) is 52.3 Å². The lowest BCUT2D eigenvalue weighted by Gasteiger charge is -2.01. The maximum Gasteiger partial charge on any atom is 0.235 e. The number of ether oxygens (including phenoxy) is 1. The van der Waals surface area contributed by atoms with Crippen molar-refractivity contribution in [1.82, 2.24) is 19.8 Å². The predicted molar refractivity (Wildman–Crippen MR) is 86.0 cm³/mol. The van der Waals surface area contributed by atoms with Crippen molar-refractivity contribution in [3.05, 3.63) is 54.1 Å². The molecular weight excluding hydrogens is 334 g/mol. The van der Waals surface area contributed by atoms with Crippen molar-refractivity contribution in [2.75, 3.05) is 7.11 Å². The summed E-state index contributed by atoms with van der Waals surface area (Å²) >= 11 is 1.08. The molecule has 120 valence electrons. The maximum absolute atomic E-state index is 13.9. The molecule has 0 unspecified atom stereocenters. The number of rotatable bonds is 3. The molecule has 0 bridgehead atoms. The van der Waals surface area contributed by atoms with E-state index in [0.717, 1.165) is 16.9 Å². The van der Waals surface area contributed by atoms with Crippen LogP contribution in [0.5, 0.6) is 5.75 Å². The van der Waals surface area contributed by atoms with Gasteiger partial charge in [-0.15, -0.1) is 10.2 Å². The SMILES string of the molecule is COc1ccc(-c2nnc3sc(-c4c(F)cccc4F)nn23)cc1. The highest BCUT2D eigenvalue weighted by molar-refractivity contribution is 7.19. The third kappa shape index (κ3) is 2.31.